The lowest BCUT2D eigenvalue weighted by molar-refractivity contribution is -0.274. The Balaban J connectivity index is 1.49. The number of alkyl halides is 3. The number of fused-ring (bicyclic) bond motifs is 1. The zero-order chi connectivity index (χ0) is 32.1. The van der Waals surface area contributed by atoms with Gasteiger partial charge in [0.05, 0.1) is 13.1 Å². The molecule has 13 heteroatoms. The molecule has 45 heavy (non-hydrogen) atoms. The number of phenolic OH excluding ortho intramolecular Hbond substituents is 1. The Hall–Kier alpha value is -5.04. The van der Waals surface area contributed by atoms with Crippen molar-refractivity contribution in [3.63, 3.8) is 0 Å². The van der Waals surface area contributed by atoms with E-state index >= 15 is 0 Å². The van der Waals surface area contributed by atoms with E-state index < -0.39 is 36.3 Å². The van der Waals surface area contributed by atoms with Gasteiger partial charge in [-0.1, -0.05) is 60.7 Å². The van der Waals surface area contributed by atoms with Crippen LogP contribution in [0.25, 0.3) is 0 Å². The van der Waals surface area contributed by atoms with Crippen LogP contribution < -0.4 is 10.1 Å². The number of nitrogens with one attached hydrogen (secondary N) is 1. The number of carbonyl (C=O) groups excluding carboxylic acids is 3. The smallest absolute Gasteiger partial charge is 0.508 e. The van der Waals surface area contributed by atoms with Crippen LogP contribution in [0.3, 0.4) is 0 Å². The van der Waals surface area contributed by atoms with Crippen LogP contribution in [-0.2, 0) is 29.1 Å². The molecule has 5 rings (SSSR count). The molecule has 0 bridgehead atoms. The van der Waals surface area contributed by atoms with Crippen LogP contribution in [0.5, 0.6) is 11.5 Å². The quantitative estimate of drug-likeness (QED) is 0.349. The van der Waals surface area contributed by atoms with Crippen LogP contribution in [0, 0.1) is 0 Å². The number of benzene rings is 3. The fraction of sp³-hybridized carbons (Fsp3) is 0.281. The molecule has 0 aromatic heterocycles. The molecule has 2 aliphatic rings. The van der Waals surface area contributed by atoms with Crippen LogP contribution in [0.15, 0.2) is 91.5 Å². The lowest BCUT2D eigenvalue weighted by Crippen LogP contribution is -2.76. The summed E-state index contributed by atoms with van der Waals surface area (Å²) in [4.78, 5) is 44.3. The van der Waals surface area contributed by atoms with Crippen molar-refractivity contribution in [3.05, 3.63) is 108 Å². The second kappa shape index (κ2) is 13.3. The summed E-state index contributed by atoms with van der Waals surface area (Å²) in [5, 5.41) is 15.6. The van der Waals surface area contributed by atoms with Gasteiger partial charge in [-0.3, -0.25) is 9.59 Å². The molecule has 2 atom stereocenters. The van der Waals surface area contributed by atoms with Gasteiger partial charge in [-0.2, -0.15) is 0 Å². The number of aromatic hydroxyl groups is 1. The lowest BCUT2D eigenvalue weighted by Gasteiger charge is -2.55. The molecule has 3 aromatic rings. The van der Waals surface area contributed by atoms with E-state index in [-0.39, 0.29) is 50.8 Å². The molecular weight excluding hydrogens is 591 g/mol. The molecule has 2 saturated heterocycles. The van der Waals surface area contributed by atoms with Crippen molar-refractivity contribution in [2.24, 2.45) is 0 Å². The third-order valence-electron chi connectivity index (χ3n) is 7.54. The number of urea groups is 1. The Morgan fingerprint density at radius 1 is 1.00 bits per heavy atom. The largest absolute Gasteiger partial charge is 0.573 e. The van der Waals surface area contributed by atoms with Crippen molar-refractivity contribution in [3.8, 4) is 11.5 Å². The molecule has 3 aromatic carbocycles. The summed E-state index contributed by atoms with van der Waals surface area (Å²) < 4.78 is 42.7. The molecule has 4 amide bonds. The van der Waals surface area contributed by atoms with E-state index in [0.717, 1.165) is 11.6 Å². The minimum atomic E-state index is -4.89. The fourth-order valence-electron chi connectivity index (χ4n) is 5.61. The van der Waals surface area contributed by atoms with Gasteiger partial charge in [0.15, 0.2) is 0 Å². The van der Waals surface area contributed by atoms with Gasteiger partial charge in [0, 0.05) is 26.1 Å². The average Bonchev–Trinajstić information content (AvgIpc) is 2.99. The third kappa shape index (κ3) is 7.55. The van der Waals surface area contributed by atoms with Gasteiger partial charge in [-0.15, -0.1) is 19.8 Å². The molecule has 0 aliphatic carbocycles. The van der Waals surface area contributed by atoms with Crippen LogP contribution >= 0.6 is 0 Å². The molecule has 10 nitrogen and oxygen atoms in total. The van der Waals surface area contributed by atoms with Crippen molar-refractivity contribution in [2.75, 3.05) is 19.6 Å². The first-order valence-corrected chi connectivity index (χ1v) is 14.2. The van der Waals surface area contributed by atoms with Crippen molar-refractivity contribution in [1.29, 1.82) is 0 Å². The minimum Gasteiger partial charge on any atom is -0.508 e. The molecule has 0 unspecified atom stereocenters. The van der Waals surface area contributed by atoms with E-state index in [1.54, 1.807) is 29.3 Å². The molecule has 2 fully saturated rings. The van der Waals surface area contributed by atoms with Gasteiger partial charge in [0.1, 0.15) is 23.7 Å². The number of carbonyl (C=O) groups is 3. The van der Waals surface area contributed by atoms with E-state index in [0.29, 0.717) is 11.1 Å². The van der Waals surface area contributed by atoms with Crippen molar-refractivity contribution in [1.82, 2.24) is 25.1 Å². The maximum atomic E-state index is 14.0. The first-order chi connectivity index (χ1) is 21.5. The van der Waals surface area contributed by atoms with E-state index in [2.05, 4.69) is 16.6 Å². The number of phenols is 1. The van der Waals surface area contributed by atoms with Crippen LogP contribution in [-0.4, -0.2) is 81.0 Å². The molecule has 2 aliphatic heterocycles. The number of amides is 4. The monoisotopic (exact) mass is 623 g/mol. The summed E-state index contributed by atoms with van der Waals surface area (Å²) in [5.74, 6) is -1.20. The van der Waals surface area contributed by atoms with E-state index in [1.165, 1.54) is 39.1 Å². The van der Waals surface area contributed by atoms with Gasteiger partial charge >= 0.3 is 12.4 Å². The Kier molecular flexibility index (Phi) is 9.28. The summed E-state index contributed by atoms with van der Waals surface area (Å²) in [6.07, 6.45) is -4.18. The summed E-state index contributed by atoms with van der Waals surface area (Å²) in [6, 6.07) is 19.3. The molecule has 0 saturated carbocycles. The van der Waals surface area contributed by atoms with E-state index in [4.69, 9.17) is 0 Å². The maximum Gasteiger partial charge on any atom is 0.573 e. The third-order valence-corrected chi connectivity index (χ3v) is 7.54. The summed E-state index contributed by atoms with van der Waals surface area (Å²) in [6.45, 7) is 3.76. The SMILES string of the molecule is C=CCN1CC(=O)N2[C@@H](Cc3ccc(O)cc3)C(=O)N(Cc3cccc(OC(F)(F)F)c3)C[C@@H]2N1C(=O)NCc1ccccc1. The van der Waals surface area contributed by atoms with Gasteiger partial charge in [-0.25, -0.2) is 14.8 Å². The standard InChI is InChI=1S/C32H32F3N5O5/c1-2-15-38-21-29(42)39-27(17-22-11-13-25(41)14-12-22)30(43)37(19-24-9-6-10-26(16-24)45-32(33,34)35)20-28(39)40(38)31(44)36-18-23-7-4-3-5-8-23/h2-14,16,27-28,41H,1,15,17-21H2,(H,36,44)/t27-,28-/m0/s1. The van der Waals surface area contributed by atoms with Crippen molar-refractivity contribution >= 4 is 17.8 Å². The normalized spacial score (nSPS) is 18.9. The molecule has 236 valence electrons. The van der Waals surface area contributed by atoms with Crippen molar-refractivity contribution in [2.45, 2.75) is 38.1 Å². The number of rotatable bonds is 9. The van der Waals surface area contributed by atoms with Crippen LogP contribution in [0.2, 0.25) is 0 Å². The maximum absolute atomic E-state index is 14.0. The zero-order valence-electron chi connectivity index (χ0n) is 24.2. The second-order valence-corrected chi connectivity index (χ2v) is 10.7. The van der Waals surface area contributed by atoms with Gasteiger partial charge in [-0.05, 0) is 41.0 Å². The molecule has 0 radical (unpaired) electrons. The first kappa shape index (κ1) is 31.4. The van der Waals surface area contributed by atoms with Gasteiger partial charge in [0.25, 0.3) is 0 Å². The highest BCUT2D eigenvalue weighted by atomic mass is 19.4. The lowest BCUT2D eigenvalue weighted by atomic mass is 9.98. The van der Waals surface area contributed by atoms with Crippen LogP contribution in [0.4, 0.5) is 18.0 Å². The van der Waals surface area contributed by atoms with Crippen LogP contribution in [0.1, 0.15) is 16.7 Å². The topological polar surface area (TPSA) is 106 Å². The predicted molar refractivity (Wildman–Crippen MR) is 157 cm³/mol. The highest BCUT2D eigenvalue weighted by molar-refractivity contribution is 5.91. The van der Waals surface area contributed by atoms with Gasteiger partial charge in [0.2, 0.25) is 11.8 Å². The summed E-state index contributed by atoms with van der Waals surface area (Å²) >= 11 is 0. The molecule has 2 N–H and O–H groups in total. The molecule has 2 heterocycles. The Bertz CT molecular complexity index is 1540. The number of hydrazine groups is 1. The number of nitrogens with zero attached hydrogens (tertiary/aromatic N) is 4. The number of halogens is 3. The predicted octanol–water partition coefficient (Wildman–Crippen LogP) is 4.03. The number of hydrogen-bond donors (Lipinski definition) is 2. The minimum absolute atomic E-state index is 0.0320. The second-order valence-electron chi connectivity index (χ2n) is 10.7. The highest BCUT2D eigenvalue weighted by Crippen LogP contribution is 2.30. The summed E-state index contributed by atoms with van der Waals surface area (Å²) in [7, 11) is 0. The fourth-order valence-corrected chi connectivity index (χ4v) is 5.61. The Morgan fingerprint density at radius 2 is 1.71 bits per heavy atom. The van der Waals surface area contributed by atoms with E-state index in [1.807, 2.05) is 30.3 Å². The average molecular weight is 624 g/mol. The Labute approximate surface area is 257 Å². The summed E-state index contributed by atoms with van der Waals surface area (Å²) in [5.41, 5.74) is 1.89. The molecule has 0 spiro atoms. The number of piperazine rings is 1. The number of hydrogen-bond acceptors (Lipinski definition) is 6. The van der Waals surface area contributed by atoms with E-state index in [9.17, 15) is 32.7 Å². The first-order valence-electron chi connectivity index (χ1n) is 14.2. The Morgan fingerprint density at radius 3 is 2.40 bits per heavy atom. The van der Waals surface area contributed by atoms with Crippen molar-refractivity contribution < 1.29 is 37.4 Å². The van der Waals surface area contributed by atoms with Gasteiger partial charge < -0.3 is 25.0 Å². The highest BCUT2D eigenvalue weighted by Gasteiger charge is 2.51. The zero-order valence-corrected chi connectivity index (χ0v) is 24.2. The number of ether oxygens (including phenoxy) is 1. The molecular formula is C32H32F3N5O5.